The lowest BCUT2D eigenvalue weighted by molar-refractivity contribution is -0.138. The van der Waals surface area contributed by atoms with Crippen LogP contribution in [0.3, 0.4) is 0 Å². The summed E-state index contributed by atoms with van der Waals surface area (Å²) < 4.78 is 5.30. The van der Waals surface area contributed by atoms with E-state index in [0.29, 0.717) is 19.8 Å². The Hall–Kier alpha value is -0.690. The molecule has 2 aliphatic heterocycles. The Kier molecular flexibility index (Phi) is 4.73. The predicted octanol–water partition coefficient (Wildman–Crippen LogP) is -1.89. The van der Waals surface area contributed by atoms with Gasteiger partial charge in [-0.15, -0.1) is 0 Å². The van der Waals surface area contributed by atoms with Crippen molar-refractivity contribution < 1.29 is 14.6 Å². The zero-order valence-electron chi connectivity index (χ0n) is 10.1. The number of carbonyl (C=O) groups excluding carboxylic acids is 1. The first kappa shape index (κ1) is 12.8. The molecule has 2 heterocycles. The van der Waals surface area contributed by atoms with Crippen molar-refractivity contribution in [2.75, 3.05) is 59.1 Å². The van der Waals surface area contributed by atoms with Gasteiger partial charge in [0.05, 0.1) is 19.8 Å². The van der Waals surface area contributed by atoms with Crippen molar-refractivity contribution in [1.29, 1.82) is 0 Å². The molecule has 1 amide bonds. The van der Waals surface area contributed by atoms with E-state index < -0.39 is 0 Å². The molecule has 0 aliphatic carbocycles. The number of morpholine rings is 1. The van der Waals surface area contributed by atoms with Crippen molar-refractivity contribution in [3.8, 4) is 0 Å². The summed E-state index contributed by atoms with van der Waals surface area (Å²) in [5.74, 6) is 0.147. The predicted molar refractivity (Wildman–Crippen MR) is 62.7 cm³/mol. The number of hydrogen-bond donors (Lipinski definition) is 2. The molecule has 2 fully saturated rings. The number of piperazine rings is 1. The van der Waals surface area contributed by atoms with Crippen LogP contribution in [0.15, 0.2) is 0 Å². The second kappa shape index (κ2) is 6.30. The largest absolute Gasteiger partial charge is 0.395 e. The van der Waals surface area contributed by atoms with Gasteiger partial charge < -0.3 is 20.1 Å². The van der Waals surface area contributed by atoms with Gasteiger partial charge in [-0.1, -0.05) is 0 Å². The van der Waals surface area contributed by atoms with E-state index in [1.54, 1.807) is 0 Å². The zero-order chi connectivity index (χ0) is 12.1. The Balaban J connectivity index is 1.77. The van der Waals surface area contributed by atoms with Crippen LogP contribution in [-0.2, 0) is 9.53 Å². The molecule has 0 aromatic rings. The number of amides is 1. The Labute approximate surface area is 102 Å². The minimum atomic E-state index is -0.173. The summed E-state index contributed by atoms with van der Waals surface area (Å²) in [5.41, 5.74) is 0. The van der Waals surface area contributed by atoms with Gasteiger partial charge in [0.25, 0.3) is 0 Å². The molecule has 0 aromatic carbocycles. The fourth-order valence-electron chi connectivity index (χ4n) is 2.28. The molecule has 2 rings (SSSR count). The van der Waals surface area contributed by atoms with Crippen molar-refractivity contribution in [1.82, 2.24) is 15.1 Å². The maximum absolute atomic E-state index is 12.1. The van der Waals surface area contributed by atoms with Crippen LogP contribution in [0.2, 0.25) is 0 Å². The smallest absolute Gasteiger partial charge is 0.242 e. The minimum absolute atomic E-state index is 0.147. The first-order chi connectivity index (χ1) is 8.31. The number of carbonyl (C=O) groups is 1. The van der Waals surface area contributed by atoms with E-state index in [9.17, 15) is 4.79 Å². The minimum Gasteiger partial charge on any atom is -0.395 e. The zero-order valence-corrected chi connectivity index (χ0v) is 10.1. The summed E-state index contributed by atoms with van der Waals surface area (Å²) in [5, 5.41) is 12.0. The standard InChI is InChI=1S/C11H21N3O3/c15-7-6-13-2-4-14(5-3-13)11(16)10-9-17-8-1-12-10/h10,12,15H,1-9H2/t10-/m1/s1. The van der Waals surface area contributed by atoms with Crippen molar-refractivity contribution in [3.63, 3.8) is 0 Å². The van der Waals surface area contributed by atoms with Crippen LogP contribution in [0.4, 0.5) is 0 Å². The molecule has 17 heavy (non-hydrogen) atoms. The number of rotatable bonds is 3. The fraction of sp³-hybridized carbons (Fsp3) is 0.909. The molecule has 2 saturated heterocycles. The Bertz CT molecular complexity index is 248. The molecule has 2 aliphatic rings. The first-order valence-corrected chi connectivity index (χ1v) is 6.24. The van der Waals surface area contributed by atoms with Crippen LogP contribution in [-0.4, -0.2) is 85.9 Å². The summed E-state index contributed by atoms with van der Waals surface area (Å²) in [6.45, 7) is 6.00. The van der Waals surface area contributed by atoms with Crippen LogP contribution in [0.1, 0.15) is 0 Å². The average molecular weight is 243 g/mol. The molecule has 0 unspecified atom stereocenters. The van der Waals surface area contributed by atoms with Gasteiger partial charge >= 0.3 is 0 Å². The molecule has 0 aromatic heterocycles. The average Bonchev–Trinajstić information content (AvgIpc) is 2.40. The van der Waals surface area contributed by atoms with Gasteiger partial charge in [0.15, 0.2) is 0 Å². The van der Waals surface area contributed by atoms with Gasteiger partial charge in [-0.3, -0.25) is 9.69 Å². The highest BCUT2D eigenvalue weighted by atomic mass is 16.5. The summed E-state index contributed by atoms with van der Waals surface area (Å²) in [6.07, 6.45) is 0. The number of β-amino-alcohol motifs (C(OH)–C–C–N with tert-alkyl or cyclic N) is 1. The number of hydrogen-bond acceptors (Lipinski definition) is 5. The number of aliphatic hydroxyl groups excluding tert-OH is 1. The second-order valence-electron chi connectivity index (χ2n) is 4.47. The molecule has 1 atom stereocenters. The van der Waals surface area contributed by atoms with E-state index in [4.69, 9.17) is 9.84 Å². The van der Waals surface area contributed by atoms with E-state index in [-0.39, 0.29) is 18.6 Å². The molecular weight excluding hydrogens is 222 g/mol. The van der Waals surface area contributed by atoms with Crippen LogP contribution in [0.5, 0.6) is 0 Å². The third kappa shape index (κ3) is 3.38. The van der Waals surface area contributed by atoms with Gasteiger partial charge in [0.1, 0.15) is 6.04 Å². The summed E-state index contributed by atoms with van der Waals surface area (Å²) in [6, 6.07) is -0.173. The Morgan fingerprint density at radius 1 is 1.35 bits per heavy atom. The maximum atomic E-state index is 12.1. The lowest BCUT2D eigenvalue weighted by atomic mass is 10.2. The normalized spacial score (nSPS) is 27.1. The molecule has 0 saturated carbocycles. The topological polar surface area (TPSA) is 65.0 Å². The molecule has 6 heteroatoms. The summed E-state index contributed by atoms with van der Waals surface area (Å²) >= 11 is 0. The number of aliphatic hydroxyl groups is 1. The van der Waals surface area contributed by atoms with Gasteiger partial charge in [0, 0.05) is 39.3 Å². The Morgan fingerprint density at radius 3 is 2.71 bits per heavy atom. The number of nitrogens with one attached hydrogen (secondary N) is 1. The molecule has 6 nitrogen and oxygen atoms in total. The molecule has 0 radical (unpaired) electrons. The van der Waals surface area contributed by atoms with Gasteiger partial charge in [0.2, 0.25) is 5.91 Å². The maximum Gasteiger partial charge on any atom is 0.242 e. The van der Waals surface area contributed by atoms with E-state index in [2.05, 4.69) is 10.2 Å². The number of nitrogens with zero attached hydrogens (tertiary/aromatic N) is 2. The highest BCUT2D eigenvalue weighted by molar-refractivity contribution is 5.82. The van der Waals surface area contributed by atoms with Gasteiger partial charge in [-0.05, 0) is 0 Å². The summed E-state index contributed by atoms with van der Waals surface area (Å²) in [7, 11) is 0. The van der Waals surface area contributed by atoms with Gasteiger partial charge in [-0.2, -0.15) is 0 Å². The van der Waals surface area contributed by atoms with Gasteiger partial charge in [-0.25, -0.2) is 0 Å². The highest BCUT2D eigenvalue weighted by Crippen LogP contribution is 2.05. The lowest BCUT2D eigenvalue weighted by Crippen LogP contribution is -2.57. The van der Waals surface area contributed by atoms with Crippen LogP contribution < -0.4 is 5.32 Å². The van der Waals surface area contributed by atoms with Crippen molar-refractivity contribution in [2.24, 2.45) is 0 Å². The van der Waals surface area contributed by atoms with Crippen molar-refractivity contribution >= 4 is 5.91 Å². The molecule has 2 N–H and O–H groups in total. The van der Waals surface area contributed by atoms with Crippen LogP contribution in [0, 0.1) is 0 Å². The lowest BCUT2D eigenvalue weighted by Gasteiger charge is -2.37. The third-order valence-electron chi connectivity index (χ3n) is 3.32. The molecular formula is C11H21N3O3. The molecule has 0 bridgehead atoms. The quantitative estimate of drug-likeness (QED) is 0.607. The van der Waals surface area contributed by atoms with E-state index in [0.717, 1.165) is 32.7 Å². The van der Waals surface area contributed by atoms with E-state index in [1.165, 1.54) is 0 Å². The Morgan fingerprint density at radius 2 is 2.12 bits per heavy atom. The number of ether oxygens (including phenoxy) is 1. The monoisotopic (exact) mass is 243 g/mol. The van der Waals surface area contributed by atoms with Crippen molar-refractivity contribution in [3.05, 3.63) is 0 Å². The fourth-order valence-corrected chi connectivity index (χ4v) is 2.28. The van der Waals surface area contributed by atoms with E-state index in [1.807, 2.05) is 4.90 Å². The van der Waals surface area contributed by atoms with Crippen LogP contribution >= 0.6 is 0 Å². The van der Waals surface area contributed by atoms with Crippen LogP contribution in [0.25, 0.3) is 0 Å². The molecule has 0 spiro atoms. The SMILES string of the molecule is O=C([C@H]1COCCN1)N1CCN(CCO)CC1. The third-order valence-corrected chi connectivity index (χ3v) is 3.32. The summed E-state index contributed by atoms with van der Waals surface area (Å²) in [4.78, 5) is 16.2. The molecule has 98 valence electrons. The van der Waals surface area contributed by atoms with E-state index >= 15 is 0 Å². The first-order valence-electron chi connectivity index (χ1n) is 6.24. The van der Waals surface area contributed by atoms with Crippen molar-refractivity contribution in [2.45, 2.75) is 6.04 Å². The second-order valence-corrected chi connectivity index (χ2v) is 4.47. The highest BCUT2D eigenvalue weighted by Gasteiger charge is 2.28.